The molecule has 3 aromatic rings. The first-order valence-electron chi connectivity index (χ1n) is 11.0. The third-order valence-corrected chi connectivity index (χ3v) is 7.70. The van der Waals surface area contributed by atoms with Crippen molar-refractivity contribution in [2.24, 2.45) is 0 Å². The van der Waals surface area contributed by atoms with Crippen molar-refractivity contribution >= 4 is 30.6 Å². The molecule has 3 rings (SSSR count). The molecule has 0 saturated heterocycles. The van der Waals surface area contributed by atoms with Crippen LogP contribution in [-0.4, -0.2) is 50.4 Å². The number of aromatic nitrogens is 1. The zero-order valence-corrected chi connectivity index (χ0v) is 21.1. The number of anilines is 1. The number of carbonyl (C=O) groups excluding carboxylic acids is 2. The van der Waals surface area contributed by atoms with Gasteiger partial charge in [-0.25, -0.2) is 4.98 Å². The van der Waals surface area contributed by atoms with Gasteiger partial charge in [0.15, 0.2) is 5.78 Å². The van der Waals surface area contributed by atoms with Gasteiger partial charge in [0, 0.05) is 18.9 Å². The lowest BCUT2D eigenvalue weighted by Gasteiger charge is -2.28. The quantitative estimate of drug-likeness (QED) is 0.367. The summed E-state index contributed by atoms with van der Waals surface area (Å²) in [6.45, 7) is 6.87. The average Bonchev–Trinajstić information content (AvgIpc) is 2.83. The summed E-state index contributed by atoms with van der Waals surface area (Å²) in [5.41, 5.74) is 1.68. The SMILES string of the molecule is COc1ccc(C(C(=O)CNc2ccc([Si](C)(C)C)cc2)N(C)C(=O)c2ccc(F)nc2)cc1. The van der Waals surface area contributed by atoms with Crippen LogP contribution in [0, 0.1) is 5.95 Å². The number of amides is 1. The molecule has 0 bridgehead atoms. The Morgan fingerprint density at radius 3 is 2.21 bits per heavy atom. The molecule has 6 nitrogen and oxygen atoms in total. The lowest BCUT2D eigenvalue weighted by molar-refractivity contribution is -0.121. The summed E-state index contributed by atoms with van der Waals surface area (Å²) >= 11 is 0. The van der Waals surface area contributed by atoms with E-state index < -0.39 is 26.0 Å². The maximum atomic E-state index is 13.4. The van der Waals surface area contributed by atoms with E-state index >= 15 is 0 Å². The molecule has 1 N–H and O–H groups in total. The smallest absolute Gasteiger partial charge is 0.256 e. The Morgan fingerprint density at radius 2 is 1.68 bits per heavy atom. The highest BCUT2D eigenvalue weighted by Gasteiger charge is 2.29. The second-order valence-corrected chi connectivity index (χ2v) is 14.2. The van der Waals surface area contributed by atoms with Gasteiger partial charge < -0.3 is 15.0 Å². The Balaban J connectivity index is 1.82. The lowest BCUT2D eigenvalue weighted by Crippen LogP contribution is -2.38. The minimum Gasteiger partial charge on any atom is -0.497 e. The van der Waals surface area contributed by atoms with Crippen molar-refractivity contribution in [2.45, 2.75) is 25.7 Å². The van der Waals surface area contributed by atoms with E-state index in [4.69, 9.17) is 4.74 Å². The third-order valence-electron chi connectivity index (χ3n) is 5.64. The fourth-order valence-electron chi connectivity index (χ4n) is 3.61. The van der Waals surface area contributed by atoms with E-state index in [0.717, 1.165) is 11.8 Å². The van der Waals surface area contributed by atoms with Crippen LogP contribution in [0.25, 0.3) is 0 Å². The van der Waals surface area contributed by atoms with Crippen molar-refractivity contribution in [2.75, 3.05) is 26.0 Å². The molecule has 0 spiro atoms. The number of methoxy groups -OCH3 is 1. The number of hydrogen-bond donors (Lipinski definition) is 1. The second-order valence-electron chi connectivity index (χ2n) is 9.11. The average molecular weight is 480 g/mol. The zero-order valence-electron chi connectivity index (χ0n) is 20.1. The summed E-state index contributed by atoms with van der Waals surface area (Å²) in [6.07, 6.45) is 1.17. The Labute approximate surface area is 200 Å². The van der Waals surface area contributed by atoms with Crippen molar-refractivity contribution < 1.29 is 18.7 Å². The van der Waals surface area contributed by atoms with Gasteiger partial charge in [0.05, 0.1) is 27.3 Å². The van der Waals surface area contributed by atoms with Crippen molar-refractivity contribution in [3.63, 3.8) is 0 Å². The maximum absolute atomic E-state index is 13.4. The molecule has 0 radical (unpaired) electrons. The highest BCUT2D eigenvalue weighted by Crippen LogP contribution is 2.25. The number of Topliss-reactive ketones (excluding diaryl/α,β-unsaturated/α-hetero) is 1. The first-order valence-corrected chi connectivity index (χ1v) is 14.5. The molecule has 0 aliphatic rings. The Hall–Kier alpha value is -3.52. The molecule has 34 heavy (non-hydrogen) atoms. The fourth-order valence-corrected chi connectivity index (χ4v) is 4.78. The van der Waals surface area contributed by atoms with Gasteiger partial charge >= 0.3 is 0 Å². The number of halogens is 1. The van der Waals surface area contributed by atoms with Crippen LogP contribution in [0.2, 0.25) is 19.6 Å². The highest BCUT2D eigenvalue weighted by atomic mass is 28.3. The molecule has 0 saturated carbocycles. The summed E-state index contributed by atoms with van der Waals surface area (Å²) in [5.74, 6) is -0.648. The molecule has 0 aliphatic heterocycles. The highest BCUT2D eigenvalue weighted by molar-refractivity contribution is 6.88. The predicted octanol–water partition coefficient (Wildman–Crippen LogP) is 4.27. The van der Waals surface area contributed by atoms with Gasteiger partial charge in [-0.1, -0.05) is 49.1 Å². The molecule has 1 atom stereocenters. The van der Waals surface area contributed by atoms with Gasteiger partial charge in [-0.15, -0.1) is 0 Å². The van der Waals surface area contributed by atoms with Crippen LogP contribution in [0.4, 0.5) is 10.1 Å². The summed E-state index contributed by atoms with van der Waals surface area (Å²) in [6, 6.07) is 16.8. The van der Waals surface area contributed by atoms with E-state index in [2.05, 4.69) is 42.1 Å². The molecular weight excluding hydrogens is 449 g/mol. The summed E-state index contributed by atoms with van der Waals surface area (Å²) in [5, 5.41) is 4.51. The van der Waals surface area contributed by atoms with E-state index in [9.17, 15) is 14.0 Å². The van der Waals surface area contributed by atoms with Crippen LogP contribution < -0.4 is 15.2 Å². The van der Waals surface area contributed by atoms with Crippen LogP contribution in [0.5, 0.6) is 5.75 Å². The molecule has 178 valence electrons. The maximum Gasteiger partial charge on any atom is 0.256 e. The first kappa shape index (κ1) is 25.1. The molecule has 1 heterocycles. The topological polar surface area (TPSA) is 71.5 Å². The van der Waals surface area contributed by atoms with Crippen LogP contribution in [-0.2, 0) is 4.79 Å². The Bertz CT molecular complexity index is 1130. The number of likely N-dealkylation sites (N-methyl/N-ethyl adjacent to an activating group) is 1. The zero-order chi connectivity index (χ0) is 24.9. The number of nitrogens with zero attached hydrogens (tertiary/aromatic N) is 2. The first-order chi connectivity index (χ1) is 16.1. The molecule has 2 aromatic carbocycles. The van der Waals surface area contributed by atoms with Crippen LogP contribution in [0.3, 0.4) is 0 Å². The number of benzene rings is 2. The number of nitrogens with one attached hydrogen (secondary N) is 1. The van der Waals surface area contributed by atoms with Crippen LogP contribution >= 0.6 is 0 Å². The van der Waals surface area contributed by atoms with Crippen LogP contribution in [0.1, 0.15) is 22.0 Å². The Kier molecular flexibility index (Phi) is 7.83. The third kappa shape index (κ3) is 6.08. The fraction of sp³-hybridized carbons (Fsp3) is 0.269. The van der Waals surface area contributed by atoms with Gasteiger partial charge in [-0.3, -0.25) is 9.59 Å². The monoisotopic (exact) mass is 479 g/mol. The summed E-state index contributed by atoms with van der Waals surface area (Å²) in [7, 11) is 1.71. The number of hydrogen-bond acceptors (Lipinski definition) is 5. The van der Waals surface area contributed by atoms with E-state index in [1.165, 1.54) is 22.3 Å². The van der Waals surface area contributed by atoms with E-state index in [0.29, 0.717) is 11.3 Å². The molecule has 8 heteroatoms. The summed E-state index contributed by atoms with van der Waals surface area (Å²) in [4.78, 5) is 31.4. The second kappa shape index (κ2) is 10.6. The van der Waals surface area contributed by atoms with Crippen molar-refractivity contribution in [3.05, 3.63) is 83.9 Å². The normalized spacial score (nSPS) is 12.1. The van der Waals surface area contributed by atoms with Gasteiger partial charge in [0.1, 0.15) is 11.8 Å². The molecule has 0 aliphatic carbocycles. The lowest BCUT2D eigenvalue weighted by atomic mass is 10.00. The van der Waals surface area contributed by atoms with E-state index in [-0.39, 0.29) is 17.9 Å². The summed E-state index contributed by atoms with van der Waals surface area (Å²) < 4.78 is 18.4. The van der Waals surface area contributed by atoms with E-state index in [1.54, 1.807) is 38.4 Å². The number of rotatable bonds is 9. The molecular formula is C26H30FN3O3Si. The largest absolute Gasteiger partial charge is 0.497 e. The van der Waals surface area contributed by atoms with Crippen LogP contribution in [0.15, 0.2) is 66.9 Å². The number of ether oxygens (including phenoxy) is 1. The van der Waals surface area contributed by atoms with Crippen molar-refractivity contribution in [1.29, 1.82) is 0 Å². The van der Waals surface area contributed by atoms with Gasteiger partial charge in [0.2, 0.25) is 5.95 Å². The predicted molar refractivity (Wildman–Crippen MR) is 135 cm³/mol. The number of pyridine rings is 1. The molecule has 1 aromatic heterocycles. The van der Waals surface area contributed by atoms with Gasteiger partial charge in [0.25, 0.3) is 5.91 Å². The standard InChI is InChI=1S/C26H30FN3O3Si/c1-30(26(32)19-8-15-24(27)29-16-19)25(18-6-11-21(33-2)12-7-18)23(31)17-28-20-9-13-22(14-10-20)34(3,4)5/h6-16,25,28H,17H2,1-5H3. The van der Waals surface area contributed by atoms with Crippen molar-refractivity contribution in [1.82, 2.24) is 9.88 Å². The van der Waals surface area contributed by atoms with E-state index in [1.807, 2.05) is 12.1 Å². The minimum absolute atomic E-state index is 0.0300. The number of ketones is 1. The molecule has 0 fully saturated rings. The van der Waals surface area contributed by atoms with Crippen molar-refractivity contribution in [3.8, 4) is 5.75 Å². The van der Waals surface area contributed by atoms with Gasteiger partial charge in [-0.05, 0) is 42.0 Å². The number of carbonyl (C=O) groups is 2. The Morgan fingerprint density at radius 1 is 1.03 bits per heavy atom. The minimum atomic E-state index is -1.41. The van der Waals surface area contributed by atoms with Gasteiger partial charge in [-0.2, -0.15) is 4.39 Å². The molecule has 1 amide bonds. The molecule has 1 unspecified atom stereocenters.